The van der Waals surface area contributed by atoms with Crippen molar-refractivity contribution in [2.24, 2.45) is 5.92 Å². The first-order valence-corrected chi connectivity index (χ1v) is 41.6. The molecule has 0 amide bonds. The Hall–Kier alpha value is -10.1. The SMILES string of the molecule is CC(C)Cc1cc2c(cc1C(C)(C)C)c1cc(C(C)(C)C)ccc1n2-c1c(-n2c3ccccc3c3cc(C(C)(C)C)ccc32)c(-n2c3ccc(C(C)(C)C)cc3c3cc(C(C)(C)C)ccc32)c(C#N)c(-n2c3ccc(C(C)(C)C)cc3c3cc(C(C)(C)C)ccc32)c1-n1c2ccc(C(C)(C)C)cc2c2cc(C(C)(C)C)ccc21. The number of fused-ring (bicyclic) bond motifs is 15. The van der Waals surface area contributed by atoms with Gasteiger partial charge in [0, 0.05) is 53.9 Å². The van der Waals surface area contributed by atoms with Gasteiger partial charge < -0.3 is 22.8 Å². The van der Waals surface area contributed by atoms with Crippen LogP contribution in [-0.2, 0) is 55.2 Å². The molecule has 0 aliphatic carbocycles. The van der Waals surface area contributed by atoms with E-state index in [4.69, 9.17) is 0 Å². The van der Waals surface area contributed by atoms with E-state index in [1.807, 2.05) is 0 Å². The largest absolute Gasteiger partial charge is 0.306 e. The lowest BCUT2D eigenvalue weighted by atomic mass is 9.80. The average Bonchev–Trinajstić information content (AvgIpc) is 1.54. The van der Waals surface area contributed by atoms with Crippen molar-refractivity contribution in [3.05, 3.63) is 243 Å². The van der Waals surface area contributed by atoms with Gasteiger partial charge >= 0.3 is 0 Å². The maximum atomic E-state index is 14.2. The number of hydrogen-bond acceptors (Lipinski definition) is 1. The first kappa shape index (κ1) is 76.9. The van der Waals surface area contributed by atoms with E-state index in [0.29, 0.717) is 11.5 Å². The summed E-state index contributed by atoms with van der Waals surface area (Å²) in [5.74, 6) is 0.350. The average molecular weight is 1490 g/mol. The van der Waals surface area contributed by atoms with E-state index < -0.39 is 0 Å². The smallest absolute Gasteiger partial charge is 0.105 e. The Balaban J connectivity index is 1.33. The summed E-state index contributed by atoms with van der Waals surface area (Å²) < 4.78 is 13.1. The lowest BCUT2D eigenvalue weighted by Gasteiger charge is -2.31. The van der Waals surface area contributed by atoms with Gasteiger partial charge in [-0.25, -0.2) is 0 Å². The Kier molecular flexibility index (Phi) is 17.3. The van der Waals surface area contributed by atoms with E-state index in [2.05, 4.69) is 412 Å². The topological polar surface area (TPSA) is 48.4 Å². The summed E-state index contributed by atoms with van der Waals surface area (Å²) in [7, 11) is 0. The van der Waals surface area contributed by atoms with Crippen molar-refractivity contribution < 1.29 is 0 Å². The van der Waals surface area contributed by atoms with Crippen molar-refractivity contribution in [1.29, 1.82) is 5.26 Å². The number of rotatable bonds is 7. The number of aromatic nitrogens is 5. The molecule has 0 saturated carbocycles. The van der Waals surface area contributed by atoms with Crippen molar-refractivity contribution >= 4 is 109 Å². The molecule has 6 heteroatoms. The fourth-order valence-corrected chi connectivity index (χ4v) is 18.3. The number of benzene rings is 11. The molecule has 5 aromatic heterocycles. The highest BCUT2D eigenvalue weighted by molar-refractivity contribution is 6.19. The fourth-order valence-electron chi connectivity index (χ4n) is 18.3. The number of nitriles is 1. The number of hydrogen-bond donors (Lipinski definition) is 0. The van der Waals surface area contributed by atoms with Crippen LogP contribution in [0.1, 0.15) is 262 Å². The highest BCUT2D eigenvalue weighted by Crippen LogP contribution is 2.55. The van der Waals surface area contributed by atoms with Gasteiger partial charge in [0.15, 0.2) is 0 Å². The zero-order valence-electron chi connectivity index (χ0n) is 73.3. The van der Waals surface area contributed by atoms with Gasteiger partial charge in [0.25, 0.3) is 0 Å². The van der Waals surface area contributed by atoms with Crippen LogP contribution >= 0.6 is 0 Å². The van der Waals surface area contributed by atoms with E-state index in [1.54, 1.807) is 0 Å². The molecule has 0 spiro atoms. The van der Waals surface area contributed by atoms with Crippen LogP contribution in [0.3, 0.4) is 0 Å². The second kappa shape index (κ2) is 25.5. The van der Waals surface area contributed by atoms with E-state index in [9.17, 15) is 5.26 Å². The molecule has 6 nitrogen and oxygen atoms in total. The van der Waals surface area contributed by atoms with Gasteiger partial charge in [-0.3, -0.25) is 0 Å². The monoisotopic (exact) mass is 1490 g/mol. The first-order valence-electron chi connectivity index (χ1n) is 41.6. The van der Waals surface area contributed by atoms with Crippen LogP contribution in [0.4, 0.5) is 0 Å². The lowest BCUT2D eigenvalue weighted by molar-refractivity contribution is 0.567. The third-order valence-electron chi connectivity index (χ3n) is 24.9. The molecule has 11 aromatic carbocycles. The van der Waals surface area contributed by atoms with Gasteiger partial charge in [-0.05, 0) is 232 Å². The van der Waals surface area contributed by atoms with Gasteiger partial charge in [-0.2, -0.15) is 5.26 Å². The second-order valence-corrected chi connectivity index (χ2v) is 43.2. The molecule has 0 atom stereocenters. The van der Waals surface area contributed by atoms with E-state index in [0.717, 1.165) is 133 Å². The number of para-hydroxylation sites is 1. The Morgan fingerprint density at radius 3 is 0.690 bits per heavy atom. The molecule has 113 heavy (non-hydrogen) atoms. The molecule has 0 N–H and O–H groups in total. The molecule has 0 aliphatic heterocycles. The van der Waals surface area contributed by atoms with Gasteiger partial charge in [-0.1, -0.05) is 268 Å². The van der Waals surface area contributed by atoms with E-state index >= 15 is 0 Å². The molecule has 16 aromatic rings. The predicted molar refractivity (Wildman–Crippen MR) is 490 cm³/mol. The molecule has 0 saturated heterocycles. The molecule has 16 rings (SSSR count). The zero-order chi connectivity index (χ0) is 81.4. The molecule has 0 aliphatic rings. The zero-order valence-corrected chi connectivity index (χ0v) is 73.3. The predicted octanol–water partition coefficient (Wildman–Crippen LogP) is 29.9. The molecule has 5 heterocycles. The summed E-state index contributed by atoms with van der Waals surface area (Å²) in [6.07, 6.45) is 0.881. The first-order chi connectivity index (χ1) is 52.5. The van der Waals surface area contributed by atoms with Gasteiger partial charge in [0.05, 0.1) is 83.6 Å². The van der Waals surface area contributed by atoms with Crippen LogP contribution in [0.15, 0.2) is 182 Å². The summed E-state index contributed by atoms with van der Waals surface area (Å²) in [5, 5.41) is 25.7. The molecule has 578 valence electrons. The standard InChI is InChI=1S/C107H120N6/c1-62(2)50-63-51-93-81(60-83(63)107(27,28)29)80-59-71(106(24,25)26)41-49-92(80)113(93)98-96(111-84-33-31-30-32-72(84)73-52-64(99(3,4)5)34-42-85(73)111)94(109-86-43-35-65(100(6,7)8)53-74(86)75-54-66(101(9,10)11)36-44-87(75)109)82(61-108)95(110-88-45-37-67(102(12,13)14)55-76(88)77-56-68(103(15,16)17)38-46-89(77)110)97(98)112-90-47-39-69(104(18,19)20)57-78(90)79-58-70(105(21,22)23)40-48-91(79)112/h30-49,51-60,62H,50H2,1-29H3. The summed E-state index contributed by atoms with van der Waals surface area (Å²) in [6, 6.07) is 76.0. The minimum absolute atomic E-state index is 0.175. The van der Waals surface area contributed by atoms with Crippen LogP contribution in [0.2, 0.25) is 0 Å². The third kappa shape index (κ3) is 12.5. The minimum atomic E-state index is -0.207. The van der Waals surface area contributed by atoms with Crippen molar-refractivity contribution in [2.75, 3.05) is 0 Å². The van der Waals surface area contributed by atoms with Crippen molar-refractivity contribution in [1.82, 2.24) is 22.8 Å². The van der Waals surface area contributed by atoms with Crippen molar-refractivity contribution in [2.45, 2.75) is 256 Å². The number of nitrogens with zero attached hydrogens (tertiary/aromatic N) is 6. The normalized spacial score (nSPS) is 13.6. The van der Waals surface area contributed by atoms with Crippen LogP contribution < -0.4 is 0 Å². The Bertz CT molecular complexity index is 6500. The lowest BCUT2D eigenvalue weighted by Crippen LogP contribution is -2.19. The Morgan fingerprint density at radius 1 is 0.239 bits per heavy atom. The molecule has 0 unspecified atom stereocenters. The summed E-state index contributed by atoms with van der Waals surface area (Å²) in [4.78, 5) is 0. The maximum absolute atomic E-state index is 14.2. The minimum Gasteiger partial charge on any atom is -0.306 e. The van der Waals surface area contributed by atoms with Gasteiger partial charge in [0.1, 0.15) is 11.6 Å². The third-order valence-corrected chi connectivity index (χ3v) is 24.9. The second-order valence-electron chi connectivity index (χ2n) is 43.2. The molecule has 0 fully saturated rings. The highest BCUT2D eigenvalue weighted by atomic mass is 15.2. The maximum Gasteiger partial charge on any atom is 0.105 e. The highest BCUT2D eigenvalue weighted by Gasteiger charge is 2.39. The van der Waals surface area contributed by atoms with E-state index in [1.165, 1.54) is 66.4 Å². The van der Waals surface area contributed by atoms with Crippen LogP contribution in [-0.4, -0.2) is 22.8 Å². The Labute approximate surface area is 672 Å². The van der Waals surface area contributed by atoms with Crippen LogP contribution in [0.25, 0.3) is 137 Å². The molecular formula is C107H120N6. The van der Waals surface area contributed by atoms with E-state index in [-0.39, 0.29) is 48.7 Å². The van der Waals surface area contributed by atoms with Crippen molar-refractivity contribution in [3.8, 4) is 34.5 Å². The summed E-state index contributed by atoms with van der Waals surface area (Å²) >= 11 is 0. The fraction of sp³-hybridized carbons (Fsp3) is 0.374. The summed E-state index contributed by atoms with van der Waals surface area (Å²) in [5.41, 5.74) is 26.4. The van der Waals surface area contributed by atoms with Crippen molar-refractivity contribution in [3.63, 3.8) is 0 Å². The molecule has 0 radical (unpaired) electrons. The van der Waals surface area contributed by atoms with Crippen LogP contribution in [0, 0.1) is 17.2 Å². The van der Waals surface area contributed by atoms with Gasteiger partial charge in [-0.15, -0.1) is 0 Å². The summed E-state index contributed by atoms with van der Waals surface area (Å²) in [6.45, 7) is 68.1. The Morgan fingerprint density at radius 2 is 0.451 bits per heavy atom. The quantitative estimate of drug-likeness (QED) is 0.157. The molecule has 0 bridgehead atoms. The van der Waals surface area contributed by atoms with Gasteiger partial charge in [0.2, 0.25) is 0 Å². The van der Waals surface area contributed by atoms with Crippen LogP contribution in [0.5, 0.6) is 0 Å². The molecular weight excluding hydrogens is 1370 g/mol.